The Morgan fingerprint density at radius 3 is 2.62 bits per heavy atom. The maximum Gasteiger partial charge on any atom is 0.259 e. The van der Waals surface area contributed by atoms with Crippen molar-refractivity contribution in [2.24, 2.45) is 0 Å². The number of hydrogen-bond acceptors (Lipinski definition) is 3. The standard InChI is InChI=1S/C14H18ClN3O2S/c1-2-18-10-14(16-11-18)21(19,20)17-13(9-15)8-12-6-4-3-5-7-12/h3-7,10-11,13,17H,2,8-9H2,1H3. The second kappa shape index (κ2) is 7.06. The highest BCUT2D eigenvalue weighted by Crippen LogP contribution is 2.10. The number of halogens is 1. The Hall–Kier alpha value is -1.37. The van der Waals surface area contributed by atoms with Crippen LogP contribution in [-0.4, -0.2) is 29.9 Å². The Kier molecular flexibility index (Phi) is 5.39. The van der Waals surface area contributed by atoms with E-state index in [1.165, 1.54) is 12.5 Å². The first-order chi connectivity index (χ1) is 10.0. The van der Waals surface area contributed by atoms with Gasteiger partial charge in [-0.25, -0.2) is 18.1 Å². The normalized spacial score (nSPS) is 13.2. The summed E-state index contributed by atoms with van der Waals surface area (Å²) in [4.78, 5) is 3.92. The highest BCUT2D eigenvalue weighted by atomic mass is 35.5. The Morgan fingerprint density at radius 1 is 1.33 bits per heavy atom. The first-order valence-electron chi connectivity index (χ1n) is 6.69. The van der Waals surface area contributed by atoms with Gasteiger partial charge >= 0.3 is 0 Å². The van der Waals surface area contributed by atoms with Crippen LogP contribution in [0.3, 0.4) is 0 Å². The molecule has 0 aliphatic heterocycles. The Bertz CT molecular complexity index is 671. The van der Waals surface area contributed by atoms with Crippen molar-refractivity contribution in [2.45, 2.75) is 31.0 Å². The fraction of sp³-hybridized carbons (Fsp3) is 0.357. The minimum absolute atomic E-state index is 0.0209. The Labute approximate surface area is 130 Å². The molecule has 5 nitrogen and oxygen atoms in total. The molecule has 0 aliphatic rings. The second-order valence-electron chi connectivity index (χ2n) is 4.70. The smallest absolute Gasteiger partial charge is 0.259 e. The van der Waals surface area contributed by atoms with E-state index in [0.29, 0.717) is 13.0 Å². The lowest BCUT2D eigenvalue weighted by Crippen LogP contribution is -2.37. The zero-order chi connectivity index (χ0) is 15.3. The lowest BCUT2D eigenvalue weighted by Gasteiger charge is -2.15. The fourth-order valence-electron chi connectivity index (χ4n) is 1.96. The van der Waals surface area contributed by atoms with Crippen molar-refractivity contribution >= 4 is 21.6 Å². The van der Waals surface area contributed by atoms with Crippen LogP contribution >= 0.6 is 11.6 Å². The van der Waals surface area contributed by atoms with Crippen molar-refractivity contribution in [1.29, 1.82) is 0 Å². The molecule has 0 radical (unpaired) electrons. The molecular weight excluding hydrogens is 310 g/mol. The first kappa shape index (κ1) is 16.0. The highest BCUT2D eigenvalue weighted by Gasteiger charge is 2.22. The first-order valence-corrected chi connectivity index (χ1v) is 8.71. The van der Waals surface area contributed by atoms with Crippen LogP contribution in [0, 0.1) is 0 Å². The molecule has 0 amide bonds. The van der Waals surface area contributed by atoms with E-state index >= 15 is 0 Å². The topological polar surface area (TPSA) is 64.0 Å². The Morgan fingerprint density at radius 2 is 2.05 bits per heavy atom. The molecule has 0 saturated carbocycles. The van der Waals surface area contributed by atoms with Crippen LogP contribution in [0.25, 0.3) is 0 Å². The number of aryl methyl sites for hydroxylation is 1. The number of sulfonamides is 1. The summed E-state index contributed by atoms with van der Waals surface area (Å²) >= 11 is 5.89. The summed E-state index contributed by atoms with van der Waals surface area (Å²) in [5.74, 6) is 0.197. The van der Waals surface area contributed by atoms with Crippen LogP contribution in [0.15, 0.2) is 47.9 Å². The minimum Gasteiger partial charge on any atom is -0.336 e. The number of alkyl halides is 1. The molecule has 0 saturated heterocycles. The van der Waals surface area contributed by atoms with Gasteiger partial charge in [-0.05, 0) is 18.9 Å². The predicted octanol–water partition coefficient (Wildman–Crippen LogP) is 2.03. The van der Waals surface area contributed by atoms with Crippen molar-refractivity contribution in [3.05, 3.63) is 48.4 Å². The molecule has 7 heteroatoms. The van der Waals surface area contributed by atoms with Gasteiger partial charge in [-0.2, -0.15) is 0 Å². The number of rotatable bonds is 7. The van der Waals surface area contributed by atoms with Crippen LogP contribution < -0.4 is 4.72 Å². The fourth-order valence-corrected chi connectivity index (χ4v) is 3.42. The summed E-state index contributed by atoms with van der Waals surface area (Å²) in [6, 6.07) is 9.27. The average Bonchev–Trinajstić information content (AvgIpc) is 2.97. The quantitative estimate of drug-likeness (QED) is 0.791. The SMILES string of the molecule is CCn1cnc(S(=O)(=O)NC(CCl)Cc2ccccc2)c1. The molecular formula is C14H18ClN3O2S. The molecule has 1 unspecified atom stereocenters. The maximum absolute atomic E-state index is 12.3. The van der Waals surface area contributed by atoms with Crippen LogP contribution in [0.1, 0.15) is 12.5 Å². The molecule has 0 spiro atoms. The van der Waals surface area contributed by atoms with Gasteiger partial charge in [0.05, 0.1) is 6.33 Å². The second-order valence-corrected chi connectivity index (χ2v) is 6.67. The van der Waals surface area contributed by atoms with Gasteiger partial charge in [0.2, 0.25) is 0 Å². The van der Waals surface area contributed by atoms with E-state index in [0.717, 1.165) is 5.56 Å². The molecule has 2 aromatic rings. The van der Waals surface area contributed by atoms with E-state index in [4.69, 9.17) is 11.6 Å². The molecule has 1 N–H and O–H groups in total. The number of nitrogens with one attached hydrogen (secondary N) is 1. The van der Waals surface area contributed by atoms with Crippen LogP contribution in [0.4, 0.5) is 0 Å². The third kappa shape index (κ3) is 4.30. The van der Waals surface area contributed by atoms with Crippen molar-refractivity contribution in [3.63, 3.8) is 0 Å². The summed E-state index contributed by atoms with van der Waals surface area (Å²) in [6.07, 6.45) is 3.55. The van der Waals surface area contributed by atoms with Crippen LogP contribution in [0.5, 0.6) is 0 Å². The number of imidazole rings is 1. The number of nitrogens with zero attached hydrogens (tertiary/aromatic N) is 2. The van der Waals surface area contributed by atoms with Crippen LogP contribution in [0.2, 0.25) is 0 Å². The highest BCUT2D eigenvalue weighted by molar-refractivity contribution is 7.89. The molecule has 2 rings (SSSR count). The van der Waals surface area contributed by atoms with Crippen molar-refractivity contribution in [3.8, 4) is 0 Å². The summed E-state index contributed by atoms with van der Waals surface area (Å²) in [7, 11) is -3.65. The van der Waals surface area contributed by atoms with Gasteiger partial charge in [0.15, 0.2) is 5.03 Å². The van der Waals surface area contributed by atoms with E-state index in [1.54, 1.807) is 4.57 Å². The van der Waals surface area contributed by atoms with Gasteiger partial charge in [-0.1, -0.05) is 30.3 Å². The van der Waals surface area contributed by atoms with E-state index in [9.17, 15) is 8.42 Å². The van der Waals surface area contributed by atoms with Crippen molar-refractivity contribution < 1.29 is 8.42 Å². The minimum atomic E-state index is -3.65. The van der Waals surface area contributed by atoms with Gasteiger partial charge in [0.1, 0.15) is 0 Å². The van der Waals surface area contributed by atoms with E-state index in [2.05, 4.69) is 9.71 Å². The Balaban J connectivity index is 2.10. The average molecular weight is 328 g/mol. The summed E-state index contributed by atoms with van der Waals surface area (Å²) < 4.78 is 28.9. The number of hydrogen-bond donors (Lipinski definition) is 1. The maximum atomic E-state index is 12.3. The van der Waals surface area contributed by atoms with E-state index in [1.807, 2.05) is 37.3 Å². The largest absolute Gasteiger partial charge is 0.336 e. The zero-order valence-electron chi connectivity index (χ0n) is 11.7. The molecule has 0 bridgehead atoms. The number of aromatic nitrogens is 2. The van der Waals surface area contributed by atoms with E-state index < -0.39 is 10.0 Å². The molecule has 21 heavy (non-hydrogen) atoms. The summed E-state index contributed by atoms with van der Waals surface area (Å²) in [6.45, 7) is 2.59. The number of benzene rings is 1. The molecule has 0 fully saturated rings. The molecule has 1 aromatic carbocycles. The lowest BCUT2D eigenvalue weighted by atomic mass is 10.1. The van der Waals surface area contributed by atoms with Gasteiger partial charge in [0, 0.05) is 24.7 Å². The molecule has 1 aromatic heterocycles. The van der Waals surface area contributed by atoms with Crippen molar-refractivity contribution in [1.82, 2.24) is 14.3 Å². The zero-order valence-corrected chi connectivity index (χ0v) is 13.3. The van der Waals surface area contributed by atoms with E-state index in [-0.39, 0.29) is 16.9 Å². The van der Waals surface area contributed by atoms with Crippen molar-refractivity contribution in [2.75, 3.05) is 5.88 Å². The molecule has 1 atom stereocenters. The van der Waals surface area contributed by atoms with Gasteiger partial charge in [0.25, 0.3) is 10.0 Å². The molecule has 0 aliphatic carbocycles. The summed E-state index contributed by atoms with van der Waals surface area (Å²) in [5.41, 5.74) is 1.03. The predicted molar refractivity (Wildman–Crippen MR) is 82.9 cm³/mol. The summed E-state index contributed by atoms with van der Waals surface area (Å²) in [5, 5.41) is 0.0209. The van der Waals surface area contributed by atoms with Crippen LogP contribution in [-0.2, 0) is 23.0 Å². The molecule has 114 valence electrons. The van der Waals surface area contributed by atoms with Gasteiger partial charge in [-0.15, -0.1) is 11.6 Å². The van der Waals surface area contributed by atoms with Gasteiger partial charge < -0.3 is 4.57 Å². The monoisotopic (exact) mass is 327 g/mol. The lowest BCUT2D eigenvalue weighted by molar-refractivity contribution is 0.558. The third-order valence-corrected chi connectivity index (χ3v) is 4.86. The third-order valence-electron chi connectivity index (χ3n) is 3.08. The molecule has 1 heterocycles. The van der Waals surface area contributed by atoms with Gasteiger partial charge in [-0.3, -0.25) is 0 Å².